The number of amides is 1. The third-order valence-electron chi connectivity index (χ3n) is 3.95. The van der Waals surface area contributed by atoms with E-state index in [0.717, 1.165) is 5.56 Å². The Hall–Kier alpha value is -1.38. The van der Waals surface area contributed by atoms with Gasteiger partial charge in [-0.3, -0.25) is 9.79 Å². The van der Waals surface area contributed by atoms with E-state index < -0.39 is 5.41 Å². The molecule has 7 heteroatoms. The van der Waals surface area contributed by atoms with E-state index in [1.807, 2.05) is 26.8 Å². The van der Waals surface area contributed by atoms with Gasteiger partial charge in [-0.15, -0.1) is 24.0 Å². The van der Waals surface area contributed by atoms with Crippen LogP contribution in [0.25, 0.3) is 0 Å². The van der Waals surface area contributed by atoms with Gasteiger partial charge in [-0.05, 0) is 38.5 Å². The number of carbonyl (C=O) groups is 1. The molecule has 142 valence electrons. The van der Waals surface area contributed by atoms with Crippen molar-refractivity contribution in [1.82, 2.24) is 10.6 Å². The number of halogens is 2. The van der Waals surface area contributed by atoms with Gasteiger partial charge in [0, 0.05) is 18.5 Å². The number of rotatable bonds is 7. The van der Waals surface area contributed by atoms with Gasteiger partial charge in [0.2, 0.25) is 5.91 Å². The van der Waals surface area contributed by atoms with Gasteiger partial charge in [0.1, 0.15) is 5.82 Å². The first kappa shape index (κ1) is 23.6. The van der Waals surface area contributed by atoms with Crippen molar-refractivity contribution in [3.8, 4) is 0 Å². The quantitative estimate of drug-likeness (QED) is 0.330. The molecule has 1 aromatic carbocycles. The zero-order chi connectivity index (χ0) is 18.4. The van der Waals surface area contributed by atoms with E-state index in [9.17, 15) is 9.18 Å². The highest BCUT2D eigenvalue weighted by atomic mass is 127. The number of hydrogen-bond donors (Lipinski definition) is 3. The molecule has 0 saturated carbocycles. The highest BCUT2D eigenvalue weighted by Gasteiger charge is 2.25. The Kier molecular flexibility index (Phi) is 9.39. The predicted octanol–water partition coefficient (Wildman–Crippen LogP) is 2.79. The average molecular weight is 464 g/mol. The molecule has 0 aliphatic heterocycles. The monoisotopic (exact) mass is 464 g/mol. The van der Waals surface area contributed by atoms with Crippen LogP contribution in [0, 0.1) is 11.2 Å². The molecule has 0 unspecified atom stereocenters. The van der Waals surface area contributed by atoms with Gasteiger partial charge in [0.15, 0.2) is 5.96 Å². The maximum absolute atomic E-state index is 13.4. The number of guanidine groups is 1. The van der Waals surface area contributed by atoms with Crippen LogP contribution in [0.4, 0.5) is 4.39 Å². The van der Waals surface area contributed by atoms with E-state index in [4.69, 9.17) is 5.73 Å². The number of carbonyl (C=O) groups excluding carboxylic acids is 1. The molecule has 0 aromatic heterocycles. The topological polar surface area (TPSA) is 79.5 Å². The lowest BCUT2D eigenvalue weighted by Gasteiger charge is -2.27. The molecule has 1 amide bonds. The van der Waals surface area contributed by atoms with Crippen molar-refractivity contribution >= 4 is 35.8 Å². The number of nitrogens with zero attached hydrogens (tertiary/aromatic N) is 1. The molecule has 0 heterocycles. The van der Waals surface area contributed by atoms with Crippen LogP contribution >= 0.6 is 24.0 Å². The van der Waals surface area contributed by atoms with E-state index >= 15 is 0 Å². The standard InChI is InChI=1S/C18H29FN4O.HI/c1-6-21-16(23-12-18(4,5)15(20)24)22-11-17(2,3)13-8-7-9-14(19)10-13;/h7-10H,6,11-12H2,1-5H3,(H2,20,24)(H2,21,22,23);1H. The van der Waals surface area contributed by atoms with Crippen molar-refractivity contribution in [3.63, 3.8) is 0 Å². The molecule has 0 spiro atoms. The summed E-state index contributed by atoms with van der Waals surface area (Å²) < 4.78 is 13.4. The van der Waals surface area contributed by atoms with Gasteiger partial charge in [0.25, 0.3) is 0 Å². The highest BCUT2D eigenvalue weighted by molar-refractivity contribution is 14.0. The SMILES string of the molecule is CCNC(=NCC(C)(C)C(N)=O)NCC(C)(C)c1cccc(F)c1.I. The normalized spacial score (nSPS) is 12.3. The minimum Gasteiger partial charge on any atom is -0.369 e. The number of nitrogens with two attached hydrogens (primary N) is 1. The first-order valence-corrected chi connectivity index (χ1v) is 8.16. The molecule has 0 bridgehead atoms. The maximum atomic E-state index is 13.4. The molecule has 25 heavy (non-hydrogen) atoms. The van der Waals surface area contributed by atoms with Gasteiger partial charge in [-0.2, -0.15) is 0 Å². The second kappa shape index (κ2) is 9.94. The fourth-order valence-corrected chi connectivity index (χ4v) is 2.01. The molecule has 1 aromatic rings. The lowest BCUT2D eigenvalue weighted by molar-refractivity contribution is -0.125. The van der Waals surface area contributed by atoms with Gasteiger partial charge < -0.3 is 16.4 Å². The van der Waals surface area contributed by atoms with Crippen LogP contribution in [0.15, 0.2) is 29.3 Å². The largest absolute Gasteiger partial charge is 0.369 e. The van der Waals surface area contributed by atoms with Crippen molar-refractivity contribution < 1.29 is 9.18 Å². The molecule has 5 nitrogen and oxygen atoms in total. The lowest BCUT2D eigenvalue weighted by atomic mass is 9.84. The summed E-state index contributed by atoms with van der Waals surface area (Å²) in [6.45, 7) is 11.1. The number of benzene rings is 1. The van der Waals surface area contributed by atoms with Gasteiger partial charge in [-0.25, -0.2) is 4.39 Å². The van der Waals surface area contributed by atoms with E-state index in [1.54, 1.807) is 26.0 Å². The fraction of sp³-hybridized carbons (Fsp3) is 0.556. The van der Waals surface area contributed by atoms with Crippen molar-refractivity contribution in [2.75, 3.05) is 19.6 Å². The molecule has 0 aliphatic rings. The summed E-state index contributed by atoms with van der Waals surface area (Å²) in [4.78, 5) is 15.8. The second-order valence-corrected chi connectivity index (χ2v) is 7.19. The number of aliphatic imine (C=N–C) groups is 1. The van der Waals surface area contributed by atoms with Crippen LogP contribution in [0.3, 0.4) is 0 Å². The first-order chi connectivity index (χ1) is 11.1. The predicted molar refractivity (Wildman–Crippen MR) is 112 cm³/mol. The Labute approximate surface area is 167 Å². The van der Waals surface area contributed by atoms with E-state index in [2.05, 4.69) is 15.6 Å². The Bertz CT molecular complexity index is 602. The first-order valence-electron chi connectivity index (χ1n) is 8.16. The van der Waals surface area contributed by atoms with Crippen molar-refractivity contribution in [2.45, 2.75) is 40.0 Å². The number of primary amides is 1. The summed E-state index contributed by atoms with van der Waals surface area (Å²) in [5.41, 5.74) is 5.30. The Morgan fingerprint density at radius 1 is 1.24 bits per heavy atom. The van der Waals surface area contributed by atoms with E-state index in [1.165, 1.54) is 6.07 Å². The summed E-state index contributed by atoms with van der Waals surface area (Å²) in [7, 11) is 0. The number of nitrogens with one attached hydrogen (secondary N) is 2. The molecule has 0 saturated heterocycles. The van der Waals surface area contributed by atoms with Crippen molar-refractivity contribution in [3.05, 3.63) is 35.6 Å². The van der Waals surface area contributed by atoms with Crippen LogP contribution in [-0.4, -0.2) is 31.5 Å². The van der Waals surface area contributed by atoms with Crippen LogP contribution in [-0.2, 0) is 10.2 Å². The molecular weight excluding hydrogens is 434 g/mol. The maximum Gasteiger partial charge on any atom is 0.224 e. The molecular formula is C18H30FIN4O. The summed E-state index contributed by atoms with van der Waals surface area (Å²) in [5, 5.41) is 6.40. The average Bonchev–Trinajstić information content (AvgIpc) is 2.50. The van der Waals surface area contributed by atoms with Gasteiger partial charge >= 0.3 is 0 Å². The van der Waals surface area contributed by atoms with Crippen molar-refractivity contribution in [2.24, 2.45) is 16.1 Å². The van der Waals surface area contributed by atoms with E-state index in [0.29, 0.717) is 19.0 Å². The van der Waals surface area contributed by atoms with Crippen molar-refractivity contribution in [1.29, 1.82) is 0 Å². The Morgan fingerprint density at radius 2 is 1.88 bits per heavy atom. The highest BCUT2D eigenvalue weighted by Crippen LogP contribution is 2.22. The molecule has 0 aliphatic carbocycles. The third kappa shape index (κ3) is 7.58. The van der Waals surface area contributed by atoms with Gasteiger partial charge in [0.05, 0.1) is 12.0 Å². The molecule has 0 atom stereocenters. The number of hydrogen-bond acceptors (Lipinski definition) is 2. The molecule has 0 fully saturated rings. The summed E-state index contributed by atoms with van der Waals surface area (Å²) in [6, 6.07) is 6.60. The van der Waals surface area contributed by atoms with Crippen LogP contribution in [0.2, 0.25) is 0 Å². The second-order valence-electron chi connectivity index (χ2n) is 7.19. The Morgan fingerprint density at radius 3 is 2.40 bits per heavy atom. The summed E-state index contributed by atoms with van der Waals surface area (Å²) in [6.07, 6.45) is 0. The third-order valence-corrected chi connectivity index (χ3v) is 3.95. The smallest absolute Gasteiger partial charge is 0.224 e. The zero-order valence-corrected chi connectivity index (χ0v) is 18.0. The van der Waals surface area contributed by atoms with Gasteiger partial charge in [-0.1, -0.05) is 26.0 Å². The zero-order valence-electron chi connectivity index (χ0n) is 15.6. The molecule has 0 radical (unpaired) electrons. The fourth-order valence-electron chi connectivity index (χ4n) is 2.01. The summed E-state index contributed by atoms with van der Waals surface area (Å²) >= 11 is 0. The van der Waals surface area contributed by atoms with E-state index in [-0.39, 0.29) is 47.7 Å². The lowest BCUT2D eigenvalue weighted by Crippen LogP contribution is -2.44. The Balaban J connectivity index is 0.00000576. The van der Waals surface area contributed by atoms with Crippen LogP contribution < -0.4 is 16.4 Å². The minimum atomic E-state index is -0.708. The van der Waals surface area contributed by atoms with Crippen LogP contribution in [0.1, 0.15) is 40.2 Å². The minimum absolute atomic E-state index is 0. The van der Waals surface area contributed by atoms with Crippen LogP contribution in [0.5, 0.6) is 0 Å². The molecule has 1 rings (SSSR count). The summed E-state index contributed by atoms with van der Waals surface area (Å²) in [5.74, 6) is -0.0251. The molecule has 4 N–H and O–H groups in total.